The van der Waals surface area contributed by atoms with Gasteiger partial charge < -0.3 is 5.32 Å². The number of hydrogen-bond acceptors (Lipinski definition) is 2. The molecule has 0 saturated carbocycles. The van der Waals surface area contributed by atoms with Crippen molar-refractivity contribution in [2.45, 2.75) is 52.9 Å². The van der Waals surface area contributed by atoms with Crippen molar-refractivity contribution in [1.82, 2.24) is 10.3 Å². The molecule has 0 aliphatic rings. The third kappa shape index (κ3) is 4.78. The molecule has 3 aromatic rings. The van der Waals surface area contributed by atoms with Crippen LogP contribution in [0.25, 0.3) is 22.2 Å². The predicted molar refractivity (Wildman–Crippen MR) is 118 cm³/mol. The van der Waals surface area contributed by atoms with Crippen molar-refractivity contribution < 1.29 is 4.79 Å². The van der Waals surface area contributed by atoms with Crippen molar-refractivity contribution in [2.75, 3.05) is 6.54 Å². The second-order valence-electron chi connectivity index (χ2n) is 7.54. The van der Waals surface area contributed by atoms with Crippen LogP contribution in [0.2, 0.25) is 0 Å². The van der Waals surface area contributed by atoms with E-state index in [4.69, 9.17) is 4.98 Å². The number of aryl methyl sites for hydroxylation is 2. The Morgan fingerprint density at radius 1 is 0.929 bits per heavy atom. The van der Waals surface area contributed by atoms with E-state index in [1.165, 1.54) is 36.8 Å². The summed E-state index contributed by atoms with van der Waals surface area (Å²) in [6.45, 7) is 7.14. The molecule has 0 aliphatic heterocycles. The quantitative estimate of drug-likeness (QED) is 0.476. The van der Waals surface area contributed by atoms with Crippen molar-refractivity contribution in [2.24, 2.45) is 0 Å². The second-order valence-corrected chi connectivity index (χ2v) is 7.54. The van der Waals surface area contributed by atoms with Gasteiger partial charge in [0.05, 0.1) is 16.8 Å². The summed E-state index contributed by atoms with van der Waals surface area (Å²) in [5, 5.41) is 4.00. The number of hydrogen-bond donors (Lipinski definition) is 1. The van der Waals surface area contributed by atoms with Gasteiger partial charge in [-0.25, -0.2) is 4.98 Å². The van der Waals surface area contributed by atoms with E-state index >= 15 is 0 Å². The number of rotatable bonds is 8. The Balaban J connectivity index is 1.86. The molecule has 0 saturated heterocycles. The molecule has 0 spiro atoms. The van der Waals surface area contributed by atoms with Gasteiger partial charge in [-0.05, 0) is 49.6 Å². The molecule has 0 atom stereocenters. The summed E-state index contributed by atoms with van der Waals surface area (Å²) in [7, 11) is 0. The summed E-state index contributed by atoms with van der Waals surface area (Å²) in [5.41, 5.74) is 5.92. The van der Waals surface area contributed by atoms with E-state index in [1.807, 2.05) is 30.3 Å². The van der Waals surface area contributed by atoms with Gasteiger partial charge in [0.2, 0.25) is 0 Å². The van der Waals surface area contributed by atoms with Crippen LogP contribution in [-0.4, -0.2) is 17.4 Å². The molecule has 0 bridgehead atoms. The van der Waals surface area contributed by atoms with Crippen LogP contribution >= 0.6 is 0 Å². The summed E-state index contributed by atoms with van der Waals surface area (Å²) < 4.78 is 0. The van der Waals surface area contributed by atoms with Crippen molar-refractivity contribution in [3.8, 4) is 11.3 Å². The van der Waals surface area contributed by atoms with E-state index in [2.05, 4.69) is 44.3 Å². The number of carbonyl (C=O) groups excluding carboxylic acids is 1. The molecule has 1 aromatic heterocycles. The third-order valence-electron chi connectivity index (χ3n) is 5.33. The zero-order valence-corrected chi connectivity index (χ0v) is 17.2. The molecule has 3 nitrogen and oxygen atoms in total. The van der Waals surface area contributed by atoms with Gasteiger partial charge in [-0.1, -0.05) is 62.9 Å². The summed E-state index contributed by atoms with van der Waals surface area (Å²) in [6.07, 6.45) is 5.93. The lowest BCUT2D eigenvalue weighted by atomic mass is 10.0. The largest absolute Gasteiger partial charge is 0.352 e. The van der Waals surface area contributed by atoms with Crippen LogP contribution in [0, 0.1) is 13.8 Å². The molecule has 1 amide bonds. The van der Waals surface area contributed by atoms with E-state index < -0.39 is 0 Å². The minimum absolute atomic E-state index is 0.0147. The molecule has 0 radical (unpaired) electrons. The Hall–Kier alpha value is -2.68. The number of nitrogens with one attached hydrogen (secondary N) is 1. The van der Waals surface area contributed by atoms with Gasteiger partial charge in [0, 0.05) is 17.5 Å². The molecule has 0 aliphatic carbocycles. The molecule has 0 unspecified atom stereocenters. The number of unbranched alkanes of at least 4 members (excludes halogenated alkanes) is 4. The van der Waals surface area contributed by atoms with Gasteiger partial charge in [0.15, 0.2) is 0 Å². The monoisotopic (exact) mass is 374 g/mol. The van der Waals surface area contributed by atoms with E-state index in [-0.39, 0.29) is 5.91 Å². The number of amides is 1. The van der Waals surface area contributed by atoms with Crippen molar-refractivity contribution in [3.05, 3.63) is 65.2 Å². The van der Waals surface area contributed by atoms with Crippen LogP contribution in [0.4, 0.5) is 0 Å². The minimum Gasteiger partial charge on any atom is -0.352 e. The number of carbonyl (C=O) groups is 1. The maximum absolute atomic E-state index is 12.9. The average Bonchev–Trinajstić information content (AvgIpc) is 2.71. The number of nitrogens with zero attached hydrogens (tertiary/aromatic N) is 1. The fraction of sp³-hybridized carbons (Fsp3) is 0.360. The Labute approximate surface area is 168 Å². The maximum atomic E-state index is 12.9. The molecular weight excluding hydrogens is 344 g/mol. The molecule has 0 fully saturated rings. The smallest absolute Gasteiger partial charge is 0.252 e. The van der Waals surface area contributed by atoms with Gasteiger partial charge in [0.1, 0.15) is 0 Å². The first kappa shape index (κ1) is 20.1. The van der Waals surface area contributed by atoms with Crippen molar-refractivity contribution >= 4 is 16.8 Å². The minimum atomic E-state index is -0.0147. The third-order valence-corrected chi connectivity index (χ3v) is 5.33. The lowest BCUT2D eigenvalue weighted by Gasteiger charge is -2.11. The summed E-state index contributed by atoms with van der Waals surface area (Å²) >= 11 is 0. The van der Waals surface area contributed by atoms with Gasteiger partial charge >= 0.3 is 0 Å². The van der Waals surface area contributed by atoms with E-state index in [1.54, 1.807) is 0 Å². The standard InChI is InChI=1S/C25H30N2O/c1-4-5-6-7-10-15-26-25(28)22-17-24(20-14-13-18(2)19(3)16-20)27-23-12-9-8-11-21(22)23/h8-9,11-14,16-17H,4-7,10,15H2,1-3H3,(H,26,28). The number of pyridine rings is 1. The van der Waals surface area contributed by atoms with Crippen LogP contribution in [-0.2, 0) is 0 Å². The zero-order valence-electron chi connectivity index (χ0n) is 17.2. The van der Waals surface area contributed by atoms with Crippen LogP contribution in [0.1, 0.15) is 60.5 Å². The van der Waals surface area contributed by atoms with E-state index in [0.717, 1.165) is 35.1 Å². The second kappa shape index (κ2) is 9.50. The van der Waals surface area contributed by atoms with Gasteiger partial charge in [0.25, 0.3) is 5.91 Å². The Kier molecular flexibility index (Phi) is 6.80. The highest BCUT2D eigenvalue weighted by Crippen LogP contribution is 2.26. The summed E-state index contributed by atoms with van der Waals surface area (Å²) in [4.78, 5) is 17.7. The molecular formula is C25H30N2O. The van der Waals surface area contributed by atoms with Gasteiger partial charge in [-0.3, -0.25) is 4.79 Å². The van der Waals surface area contributed by atoms with Crippen LogP contribution in [0.5, 0.6) is 0 Å². The van der Waals surface area contributed by atoms with Crippen molar-refractivity contribution in [3.63, 3.8) is 0 Å². The van der Waals surface area contributed by atoms with Gasteiger partial charge in [-0.2, -0.15) is 0 Å². The summed E-state index contributed by atoms with van der Waals surface area (Å²) in [6, 6.07) is 16.1. The van der Waals surface area contributed by atoms with Crippen LogP contribution < -0.4 is 5.32 Å². The molecule has 28 heavy (non-hydrogen) atoms. The highest BCUT2D eigenvalue weighted by molar-refractivity contribution is 6.07. The Morgan fingerprint density at radius 2 is 1.71 bits per heavy atom. The fourth-order valence-corrected chi connectivity index (χ4v) is 3.44. The molecule has 2 aromatic carbocycles. The van der Waals surface area contributed by atoms with Crippen LogP contribution in [0.3, 0.4) is 0 Å². The Morgan fingerprint density at radius 3 is 2.50 bits per heavy atom. The maximum Gasteiger partial charge on any atom is 0.252 e. The highest BCUT2D eigenvalue weighted by Gasteiger charge is 2.14. The van der Waals surface area contributed by atoms with Crippen LogP contribution in [0.15, 0.2) is 48.5 Å². The first-order valence-electron chi connectivity index (χ1n) is 10.4. The summed E-state index contributed by atoms with van der Waals surface area (Å²) in [5.74, 6) is -0.0147. The SMILES string of the molecule is CCCCCCCNC(=O)c1cc(-c2ccc(C)c(C)c2)nc2ccccc12. The topological polar surface area (TPSA) is 42.0 Å². The average molecular weight is 375 g/mol. The molecule has 1 N–H and O–H groups in total. The lowest BCUT2D eigenvalue weighted by molar-refractivity contribution is 0.0954. The fourth-order valence-electron chi connectivity index (χ4n) is 3.44. The number of fused-ring (bicyclic) bond motifs is 1. The molecule has 3 rings (SSSR count). The van der Waals surface area contributed by atoms with Crippen molar-refractivity contribution in [1.29, 1.82) is 0 Å². The first-order valence-corrected chi connectivity index (χ1v) is 10.4. The van der Waals surface area contributed by atoms with Gasteiger partial charge in [-0.15, -0.1) is 0 Å². The zero-order chi connectivity index (χ0) is 19.9. The molecule has 1 heterocycles. The van der Waals surface area contributed by atoms with E-state index in [9.17, 15) is 4.79 Å². The highest BCUT2D eigenvalue weighted by atomic mass is 16.1. The number of benzene rings is 2. The first-order chi connectivity index (χ1) is 13.6. The number of para-hydroxylation sites is 1. The molecule has 3 heteroatoms. The van der Waals surface area contributed by atoms with E-state index in [0.29, 0.717) is 5.56 Å². The Bertz CT molecular complexity index is 962. The number of aromatic nitrogens is 1. The lowest BCUT2D eigenvalue weighted by Crippen LogP contribution is -2.24. The normalized spacial score (nSPS) is 11.0. The predicted octanol–water partition coefficient (Wildman–Crippen LogP) is 6.22. The molecule has 146 valence electrons.